The maximum Gasteiger partial charge on any atom is 0.420 e. The van der Waals surface area contributed by atoms with Gasteiger partial charge in [-0.2, -0.15) is 13.2 Å². The molecule has 0 saturated heterocycles. The van der Waals surface area contributed by atoms with Gasteiger partial charge in [0.2, 0.25) is 0 Å². The van der Waals surface area contributed by atoms with Gasteiger partial charge in [0.15, 0.2) is 0 Å². The molecule has 0 saturated carbocycles. The summed E-state index contributed by atoms with van der Waals surface area (Å²) in [7, 11) is 1.10. The van der Waals surface area contributed by atoms with Crippen LogP contribution in [0.4, 0.5) is 18.9 Å². The molecule has 2 amide bonds. The highest BCUT2D eigenvalue weighted by molar-refractivity contribution is 6.25. The Labute approximate surface area is 182 Å². The summed E-state index contributed by atoms with van der Waals surface area (Å²) in [5.74, 6) is -2.73. The number of anilines is 1. The minimum atomic E-state index is -4.71. The SMILES string of the molecule is COc1ccc(NC(=O)C2=C(O)C(C)(C/C=C/c3ccccc3)NC2=O)cc1C(F)(F)F. The summed E-state index contributed by atoms with van der Waals surface area (Å²) in [5, 5.41) is 15.4. The fourth-order valence-corrected chi connectivity index (χ4v) is 3.31. The van der Waals surface area contributed by atoms with E-state index in [1.807, 2.05) is 30.3 Å². The van der Waals surface area contributed by atoms with Crippen molar-refractivity contribution in [3.05, 3.63) is 77.1 Å². The van der Waals surface area contributed by atoms with Gasteiger partial charge in [0.1, 0.15) is 17.1 Å². The van der Waals surface area contributed by atoms with Gasteiger partial charge in [-0.05, 0) is 37.1 Å². The van der Waals surface area contributed by atoms with Crippen LogP contribution in [0.15, 0.2) is 65.9 Å². The van der Waals surface area contributed by atoms with Crippen molar-refractivity contribution < 1.29 is 32.6 Å². The van der Waals surface area contributed by atoms with Gasteiger partial charge in [-0.15, -0.1) is 0 Å². The van der Waals surface area contributed by atoms with Crippen molar-refractivity contribution in [3.63, 3.8) is 0 Å². The van der Waals surface area contributed by atoms with E-state index < -0.39 is 46.2 Å². The molecule has 1 unspecified atom stereocenters. The van der Waals surface area contributed by atoms with Gasteiger partial charge in [-0.1, -0.05) is 42.5 Å². The van der Waals surface area contributed by atoms with Gasteiger partial charge in [0.25, 0.3) is 11.8 Å². The van der Waals surface area contributed by atoms with Crippen LogP contribution in [0.1, 0.15) is 24.5 Å². The zero-order valence-electron chi connectivity index (χ0n) is 17.3. The van der Waals surface area contributed by atoms with Crippen LogP contribution in [0, 0.1) is 0 Å². The van der Waals surface area contributed by atoms with Crippen molar-refractivity contribution in [2.24, 2.45) is 0 Å². The number of rotatable bonds is 6. The number of aliphatic hydroxyl groups is 1. The largest absolute Gasteiger partial charge is 0.509 e. The highest BCUT2D eigenvalue weighted by Crippen LogP contribution is 2.38. The molecular formula is C23H21F3N2O4. The van der Waals surface area contributed by atoms with E-state index in [9.17, 15) is 27.9 Å². The lowest BCUT2D eigenvalue weighted by Gasteiger charge is -2.22. The summed E-state index contributed by atoms with van der Waals surface area (Å²) in [4.78, 5) is 25.0. The number of amides is 2. The van der Waals surface area contributed by atoms with Crippen molar-refractivity contribution in [3.8, 4) is 5.75 Å². The molecule has 1 aliphatic rings. The van der Waals surface area contributed by atoms with Gasteiger partial charge in [-0.25, -0.2) is 0 Å². The number of ether oxygens (including phenoxy) is 1. The first-order valence-electron chi connectivity index (χ1n) is 9.59. The molecular weight excluding hydrogens is 425 g/mol. The fraction of sp³-hybridized carbons (Fsp3) is 0.217. The van der Waals surface area contributed by atoms with E-state index in [1.54, 1.807) is 19.1 Å². The van der Waals surface area contributed by atoms with Crippen molar-refractivity contribution in [1.82, 2.24) is 5.32 Å². The number of hydrogen-bond acceptors (Lipinski definition) is 4. The average molecular weight is 446 g/mol. The number of carbonyl (C=O) groups is 2. The summed E-state index contributed by atoms with van der Waals surface area (Å²) < 4.78 is 44.3. The first kappa shape index (κ1) is 22.9. The molecule has 6 nitrogen and oxygen atoms in total. The van der Waals surface area contributed by atoms with Crippen LogP contribution < -0.4 is 15.4 Å². The summed E-state index contributed by atoms with van der Waals surface area (Å²) in [6, 6.07) is 12.3. The molecule has 3 N–H and O–H groups in total. The Bertz CT molecular complexity index is 1090. The third kappa shape index (κ3) is 4.77. The number of aliphatic hydroxyl groups excluding tert-OH is 1. The molecule has 2 aromatic rings. The summed E-state index contributed by atoms with van der Waals surface area (Å²) in [6.07, 6.45) is -0.969. The number of benzene rings is 2. The Hall–Kier alpha value is -3.75. The average Bonchev–Trinajstić information content (AvgIpc) is 2.96. The number of nitrogens with one attached hydrogen (secondary N) is 2. The number of halogens is 3. The monoisotopic (exact) mass is 446 g/mol. The van der Waals surface area contributed by atoms with E-state index in [4.69, 9.17) is 4.74 Å². The number of alkyl halides is 3. The third-order valence-electron chi connectivity index (χ3n) is 5.00. The first-order chi connectivity index (χ1) is 15.0. The Morgan fingerprint density at radius 2 is 1.91 bits per heavy atom. The molecule has 1 heterocycles. The minimum Gasteiger partial charge on any atom is -0.509 e. The summed E-state index contributed by atoms with van der Waals surface area (Å²) in [5.41, 5.74) is -2.14. The van der Waals surface area contributed by atoms with Gasteiger partial charge >= 0.3 is 6.18 Å². The van der Waals surface area contributed by atoms with Gasteiger partial charge in [-0.3, -0.25) is 9.59 Å². The van der Waals surface area contributed by atoms with Gasteiger partial charge in [0.05, 0.1) is 18.2 Å². The second kappa shape index (κ2) is 8.78. The number of hydrogen-bond donors (Lipinski definition) is 3. The third-order valence-corrected chi connectivity index (χ3v) is 5.00. The van der Waals surface area contributed by atoms with E-state index in [2.05, 4.69) is 10.6 Å². The Morgan fingerprint density at radius 3 is 2.53 bits per heavy atom. The second-order valence-corrected chi connectivity index (χ2v) is 7.39. The van der Waals surface area contributed by atoms with E-state index in [0.29, 0.717) is 6.07 Å². The normalized spacial score (nSPS) is 18.7. The lowest BCUT2D eigenvalue weighted by Crippen LogP contribution is -2.41. The van der Waals surface area contributed by atoms with Crippen LogP contribution in [0.2, 0.25) is 0 Å². The van der Waals surface area contributed by atoms with E-state index in [0.717, 1.165) is 18.7 Å². The standard InChI is InChI=1S/C23H21F3N2O4/c1-22(12-6-9-14-7-4-3-5-8-14)19(29)18(21(31)28-22)20(30)27-15-10-11-17(32-2)16(13-15)23(24,25)26/h3-11,13,29H,12H2,1-2H3,(H,27,30)(H,28,31)/b9-6+. The number of carbonyl (C=O) groups excluding carboxylic acids is 2. The molecule has 0 aliphatic carbocycles. The molecule has 1 atom stereocenters. The van der Waals surface area contributed by atoms with Crippen LogP contribution in [0.5, 0.6) is 5.75 Å². The van der Waals surface area contributed by atoms with Crippen LogP contribution in [0.3, 0.4) is 0 Å². The van der Waals surface area contributed by atoms with Crippen molar-refractivity contribution in [1.29, 1.82) is 0 Å². The Kier molecular flexibility index (Phi) is 6.29. The second-order valence-electron chi connectivity index (χ2n) is 7.39. The zero-order valence-corrected chi connectivity index (χ0v) is 17.3. The zero-order chi connectivity index (χ0) is 23.5. The molecule has 2 aromatic carbocycles. The predicted molar refractivity (Wildman–Crippen MR) is 113 cm³/mol. The lowest BCUT2D eigenvalue weighted by atomic mass is 9.95. The van der Waals surface area contributed by atoms with Crippen molar-refractivity contribution >= 4 is 23.6 Å². The quantitative estimate of drug-likeness (QED) is 0.572. The fourth-order valence-electron chi connectivity index (χ4n) is 3.31. The lowest BCUT2D eigenvalue weighted by molar-refractivity contribution is -0.138. The van der Waals surface area contributed by atoms with Crippen LogP contribution in [-0.4, -0.2) is 29.6 Å². The predicted octanol–water partition coefficient (Wildman–Crippen LogP) is 4.46. The molecule has 0 spiro atoms. The van der Waals surface area contributed by atoms with Crippen LogP contribution >= 0.6 is 0 Å². The van der Waals surface area contributed by atoms with E-state index >= 15 is 0 Å². The molecule has 9 heteroatoms. The molecule has 0 bridgehead atoms. The molecule has 0 aromatic heterocycles. The molecule has 0 fully saturated rings. The van der Waals surface area contributed by atoms with Gasteiger partial charge < -0.3 is 20.5 Å². The minimum absolute atomic E-state index is 0.191. The van der Waals surface area contributed by atoms with Crippen LogP contribution in [0.25, 0.3) is 6.08 Å². The topological polar surface area (TPSA) is 87.7 Å². The van der Waals surface area contributed by atoms with E-state index in [1.165, 1.54) is 6.07 Å². The number of methoxy groups -OCH3 is 1. The molecule has 32 heavy (non-hydrogen) atoms. The highest BCUT2D eigenvalue weighted by atomic mass is 19.4. The van der Waals surface area contributed by atoms with E-state index in [-0.39, 0.29) is 12.1 Å². The Morgan fingerprint density at radius 1 is 1.22 bits per heavy atom. The molecule has 1 aliphatic heterocycles. The highest BCUT2D eigenvalue weighted by Gasteiger charge is 2.44. The van der Waals surface area contributed by atoms with Crippen molar-refractivity contribution in [2.75, 3.05) is 12.4 Å². The van der Waals surface area contributed by atoms with Gasteiger partial charge in [0, 0.05) is 5.69 Å². The summed E-state index contributed by atoms with van der Waals surface area (Å²) in [6.45, 7) is 1.55. The Balaban J connectivity index is 1.81. The van der Waals surface area contributed by atoms with Crippen LogP contribution in [-0.2, 0) is 15.8 Å². The molecule has 0 radical (unpaired) electrons. The maximum atomic E-state index is 13.2. The summed E-state index contributed by atoms with van der Waals surface area (Å²) >= 11 is 0. The first-order valence-corrected chi connectivity index (χ1v) is 9.59. The smallest absolute Gasteiger partial charge is 0.420 e. The van der Waals surface area contributed by atoms with Crippen molar-refractivity contribution in [2.45, 2.75) is 25.1 Å². The molecule has 168 valence electrons. The molecule has 3 rings (SSSR count). The maximum absolute atomic E-state index is 13.2.